The Morgan fingerprint density at radius 2 is 2.00 bits per heavy atom. The standard InChI is InChI=1S/C19H27F3N2O/c1-3-23-13-15-7-9-24(10-8-15)18(25)14(2)11-16-5-4-6-17(12-16)19(20,21)22/h4-6,12,14-15,23H,3,7-11,13H2,1-2H3. The highest BCUT2D eigenvalue weighted by Crippen LogP contribution is 2.30. The van der Waals surface area contributed by atoms with E-state index in [1.807, 2.05) is 4.90 Å². The first kappa shape index (κ1) is 19.8. The molecule has 6 heteroatoms. The fourth-order valence-electron chi connectivity index (χ4n) is 3.33. The number of carbonyl (C=O) groups is 1. The molecule has 0 radical (unpaired) electrons. The first-order chi connectivity index (χ1) is 11.8. The van der Waals surface area contributed by atoms with E-state index in [1.54, 1.807) is 13.0 Å². The van der Waals surface area contributed by atoms with Gasteiger partial charge in [-0.2, -0.15) is 13.2 Å². The maximum atomic E-state index is 12.8. The first-order valence-electron chi connectivity index (χ1n) is 8.97. The Morgan fingerprint density at radius 3 is 2.60 bits per heavy atom. The molecule has 140 valence electrons. The smallest absolute Gasteiger partial charge is 0.342 e. The quantitative estimate of drug-likeness (QED) is 0.842. The van der Waals surface area contributed by atoms with Crippen LogP contribution in [-0.4, -0.2) is 37.0 Å². The van der Waals surface area contributed by atoms with Crippen molar-refractivity contribution in [3.8, 4) is 0 Å². The van der Waals surface area contributed by atoms with E-state index in [0.29, 0.717) is 17.9 Å². The lowest BCUT2D eigenvalue weighted by molar-refractivity contribution is -0.137. The first-order valence-corrected chi connectivity index (χ1v) is 8.97. The van der Waals surface area contributed by atoms with Crippen LogP contribution in [0.1, 0.15) is 37.8 Å². The van der Waals surface area contributed by atoms with E-state index in [-0.39, 0.29) is 11.8 Å². The van der Waals surface area contributed by atoms with Gasteiger partial charge >= 0.3 is 6.18 Å². The largest absolute Gasteiger partial charge is 0.416 e. The number of hydrogen-bond acceptors (Lipinski definition) is 2. The normalized spacial score (nSPS) is 17.6. The molecule has 1 heterocycles. The third kappa shape index (κ3) is 5.73. The van der Waals surface area contributed by atoms with Gasteiger partial charge in [-0.3, -0.25) is 4.79 Å². The van der Waals surface area contributed by atoms with Gasteiger partial charge in [0.25, 0.3) is 0 Å². The molecule has 1 amide bonds. The highest BCUT2D eigenvalue weighted by Gasteiger charge is 2.31. The van der Waals surface area contributed by atoms with Crippen molar-refractivity contribution < 1.29 is 18.0 Å². The van der Waals surface area contributed by atoms with E-state index in [9.17, 15) is 18.0 Å². The molecule has 1 aliphatic heterocycles. The van der Waals surface area contributed by atoms with E-state index in [4.69, 9.17) is 0 Å². The second-order valence-corrected chi connectivity index (χ2v) is 6.88. The Labute approximate surface area is 147 Å². The second-order valence-electron chi connectivity index (χ2n) is 6.88. The minimum atomic E-state index is -4.35. The number of alkyl halides is 3. The molecule has 1 saturated heterocycles. The number of likely N-dealkylation sites (tertiary alicyclic amines) is 1. The van der Waals surface area contributed by atoms with Gasteiger partial charge in [0.05, 0.1) is 5.56 Å². The van der Waals surface area contributed by atoms with Crippen molar-refractivity contribution in [1.82, 2.24) is 10.2 Å². The zero-order valence-corrected chi connectivity index (χ0v) is 14.9. The molecular weight excluding hydrogens is 329 g/mol. The summed E-state index contributed by atoms with van der Waals surface area (Å²) in [7, 11) is 0. The molecule has 1 fully saturated rings. The van der Waals surface area contributed by atoms with Crippen LogP contribution in [0.5, 0.6) is 0 Å². The van der Waals surface area contributed by atoms with Crippen molar-refractivity contribution in [3.05, 3.63) is 35.4 Å². The van der Waals surface area contributed by atoms with Crippen LogP contribution >= 0.6 is 0 Å². The van der Waals surface area contributed by atoms with Gasteiger partial charge in [0.2, 0.25) is 5.91 Å². The summed E-state index contributed by atoms with van der Waals surface area (Å²) in [6.07, 6.45) is -2.05. The van der Waals surface area contributed by atoms with Crippen molar-refractivity contribution >= 4 is 5.91 Å². The van der Waals surface area contributed by atoms with Crippen molar-refractivity contribution in [2.45, 2.75) is 39.3 Å². The van der Waals surface area contributed by atoms with E-state index >= 15 is 0 Å². The summed E-state index contributed by atoms with van der Waals surface area (Å²) < 4.78 is 38.4. The fourth-order valence-corrected chi connectivity index (χ4v) is 3.33. The van der Waals surface area contributed by atoms with Gasteiger partial charge in [-0.1, -0.05) is 32.0 Å². The molecule has 3 nitrogen and oxygen atoms in total. The van der Waals surface area contributed by atoms with E-state index in [2.05, 4.69) is 12.2 Å². The topological polar surface area (TPSA) is 32.3 Å². The number of nitrogens with zero attached hydrogens (tertiary/aromatic N) is 1. The number of carbonyl (C=O) groups excluding carboxylic acids is 1. The molecule has 0 aliphatic carbocycles. The monoisotopic (exact) mass is 356 g/mol. The second kappa shape index (κ2) is 8.70. The highest BCUT2D eigenvalue weighted by atomic mass is 19.4. The maximum absolute atomic E-state index is 12.8. The molecule has 0 saturated carbocycles. The number of piperidine rings is 1. The Hall–Kier alpha value is -1.56. The van der Waals surface area contributed by atoms with Gasteiger partial charge in [-0.25, -0.2) is 0 Å². The zero-order valence-electron chi connectivity index (χ0n) is 14.9. The number of benzene rings is 1. The summed E-state index contributed by atoms with van der Waals surface area (Å²) in [6.45, 7) is 7.29. The van der Waals surface area contributed by atoms with Crippen molar-refractivity contribution in [1.29, 1.82) is 0 Å². The van der Waals surface area contributed by atoms with Gasteiger partial charge in [0.15, 0.2) is 0 Å². The predicted octanol–water partition coefficient (Wildman–Crippen LogP) is 3.73. The number of hydrogen-bond donors (Lipinski definition) is 1. The summed E-state index contributed by atoms with van der Waals surface area (Å²) in [5, 5.41) is 3.34. The van der Waals surface area contributed by atoms with Crippen LogP contribution in [0, 0.1) is 11.8 Å². The summed E-state index contributed by atoms with van der Waals surface area (Å²) >= 11 is 0. The van der Waals surface area contributed by atoms with E-state index < -0.39 is 11.7 Å². The van der Waals surface area contributed by atoms with Crippen molar-refractivity contribution in [2.24, 2.45) is 11.8 Å². The van der Waals surface area contributed by atoms with Crippen LogP contribution in [0.15, 0.2) is 24.3 Å². The molecule has 2 rings (SSSR count). The van der Waals surface area contributed by atoms with Gasteiger partial charge in [0.1, 0.15) is 0 Å². The number of rotatable bonds is 6. The van der Waals surface area contributed by atoms with Crippen LogP contribution < -0.4 is 5.32 Å². The van der Waals surface area contributed by atoms with Gasteiger partial charge < -0.3 is 10.2 Å². The predicted molar refractivity (Wildman–Crippen MR) is 92.2 cm³/mol. The highest BCUT2D eigenvalue weighted by molar-refractivity contribution is 5.78. The van der Waals surface area contributed by atoms with Crippen LogP contribution in [-0.2, 0) is 17.4 Å². The molecule has 0 bridgehead atoms. The Morgan fingerprint density at radius 1 is 1.32 bits per heavy atom. The number of nitrogens with one attached hydrogen (secondary N) is 1. The fraction of sp³-hybridized carbons (Fsp3) is 0.632. The van der Waals surface area contributed by atoms with E-state index in [0.717, 1.165) is 51.2 Å². The SMILES string of the molecule is CCNCC1CCN(C(=O)C(C)Cc2cccc(C(F)(F)F)c2)CC1. The maximum Gasteiger partial charge on any atom is 0.416 e. The van der Waals surface area contributed by atoms with Crippen LogP contribution in [0.2, 0.25) is 0 Å². The summed E-state index contributed by atoms with van der Waals surface area (Å²) in [6, 6.07) is 5.26. The molecule has 25 heavy (non-hydrogen) atoms. The average molecular weight is 356 g/mol. The lowest BCUT2D eigenvalue weighted by atomic mass is 9.94. The summed E-state index contributed by atoms with van der Waals surface area (Å²) in [5.41, 5.74) is -0.105. The van der Waals surface area contributed by atoms with Gasteiger partial charge in [-0.05, 0) is 49.9 Å². The summed E-state index contributed by atoms with van der Waals surface area (Å²) in [4.78, 5) is 14.5. The van der Waals surface area contributed by atoms with Crippen LogP contribution in [0.3, 0.4) is 0 Å². The van der Waals surface area contributed by atoms with Gasteiger partial charge in [0, 0.05) is 19.0 Å². The third-order valence-corrected chi connectivity index (χ3v) is 4.83. The Balaban J connectivity index is 1.89. The summed E-state index contributed by atoms with van der Waals surface area (Å²) in [5.74, 6) is 0.330. The lowest BCUT2D eigenvalue weighted by Gasteiger charge is -2.33. The lowest BCUT2D eigenvalue weighted by Crippen LogP contribution is -2.43. The van der Waals surface area contributed by atoms with Crippen molar-refractivity contribution in [2.75, 3.05) is 26.2 Å². The molecule has 1 unspecified atom stereocenters. The molecule has 1 N–H and O–H groups in total. The van der Waals surface area contributed by atoms with Crippen molar-refractivity contribution in [3.63, 3.8) is 0 Å². The minimum absolute atomic E-state index is 0.0410. The Kier molecular flexibility index (Phi) is 6.87. The third-order valence-electron chi connectivity index (χ3n) is 4.83. The van der Waals surface area contributed by atoms with Gasteiger partial charge in [-0.15, -0.1) is 0 Å². The molecule has 1 aromatic carbocycles. The molecule has 0 spiro atoms. The van der Waals surface area contributed by atoms with Crippen LogP contribution in [0.4, 0.5) is 13.2 Å². The average Bonchev–Trinajstić information content (AvgIpc) is 2.59. The van der Waals surface area contributed by atoms with E-state index in [1.165, 1.54) is 6.07 Å². The number of amides is 1. The molecule has 1 aromatic rings. The molecule has 1 aliphatic rings. The zero-order chi connectivity index (χ0) is 18.4. The molecule has 0 aromatic heterocycles. The molecular formula is C19H27F3N2O. The Bertz CT molecular complexity index is 566. The van der Waals surface area contributed by atoms with Crippen LogP contribution in [0.25, 0.3) is 0 Å². The number of halogens is 3. The minimum Gasteiger partial charge on any atom is -0.342 e. The molecule has 1 atom stereocenters.